The van der Waals surface area contributed by atoms with Gasteiger partial charge in [0, 0.05) is 31.0 Å². The van der Waals surface area contributed by atoms with E-state index in [-0.39, 0.29) is 18.8 Å². The van der Waals surface area contributed by atoms with E-state index in [4.69, 9.17) is 16.6 Å². The van der Waals surface area contributed by atoms with Crippen LogP contribution in [0.2, 0.25) is 0 Å². The molecule has 2 atom stereocenters. The fraction of sp³-hybridized carbons (Fsp3) is 0.429. The van der Waals surface area contributed by atoms with Gasteiger partial charge in [-0.15, -0.1) is 0 Å². The monoisotopic (exact) mass is 345 g/mol. The van der Waals surface area contributed by atoms with E-state index >= 15 is 0 Å². The minimum absolute atomic E-state index is 0.0542. The number of alkyl halides is 1. The van der Waals surface area contributed by atoms with Crippen LogP contribution < -0.4 is 16.4 Å². The summed E-state index contributed by atoms with van der Waals surface area (Å²) in [6, 6.07) is 5.31. The Morgan fingerprint density at radius 1 is 1.39 bits per heavy atom. The molecule has 0 aliphatic heterocycles. The van der Waals surface area contributed by atoms with Crippen molar-refractivity contribution >= 4 is 30.3 Å². The number of thiol groups is 1. The van der Waals surface area contributed by atoms with Crippen LogP contribution in [-0.4, -0.2) is 52.8 Å². The Balaban J connectivity index is 3.12. The first-order chi connectivity index (χ1) is 10.7. The molecule has 1 aromatic carbocycles. The minimum Gasteiger partial charge on any atom is -0.480 e. The van der Waals surface area contributed by atoms with Gasteiger partial charge in [0.15, 0.2) is 0 Å². The molecular weight excluding hydrogens is 325 g/mol. The molecule has 0 aromatic heterocycles. The first kappa shape index (κ1) is 19.2. The largest absolute Gasteiger partial charge is 0.480 e. The van der Waals surface area contributed by atoms with E-state index in [1.807, 2.05) is 0 Å². The van der Waals surface area contributed by atoms with E-state index in [9.17, 15) is 19.1 Å². The number of anilines is 1. The zero-order valence-electron chi connectivity index (χ0n) is 12.4. The van der Waals surface area contributed by atoms with Gasteiger partial charge in [-0.3, -0.25) is 5.73 Å². The summed E-state index contributed by atoms with van der Waals surface area (Å²) in [5.41, 5.74) is 11.4. The number of hydrogen-bond donors (Lipinski definition) is 5. The molecule has 0 aliphatic rings. The van der Waals surface area contributed by atoms with Crippen LogP contribution in [0, 0.1) is 0 Å². The molecule has 6 N–H and O–H groups in total. The zero-order valence-corrected chi connectivity index (χ0v) is 13.2. The summed E-state index contributed by atoms with van der Waals surface area (Å²) in [5.74, 6) is -5.67. The van der Waals surface area contributed by atoms with Gasteiger partial charge in [-0.2, -0.15) is 12.6 Å². The van der Waals surface area contributed by atoms with E-state index in [1.54, 1.807) is 12.1 Å². The highest BCUT2D eigenvalue weighted by Crippen LogP contribution is 2.22. The predicted octanol–water partition coefficient (Wildman–Crippen LogP) is 0.0863. The maximum Gasteiger partial charge on any atom is 0.356 e. The second-order valence-corrected chi connectivity index (χ2v) is 5.40. The standard InChI is InChI=1S/C14H20FN3O4S/c15-14(17,13(21)22)7-9-2-1-3-10(6-9)18(5-4-16)11(8-23)12(19)20/h1-3,6,11,23H,4-5,7-8,16-17H2,(H,19,20)(H,21,22)/t11-,14-/m0/s1. The quantitative estimate of drug-likeness (QED) is 0.317. The number of hydrogen-bond acceptors (Lipinski definition) is 6. The van der Waals surface area contributed by atoms with Gasteiger partial charge in [-0.1, -0.05) is 12.1 Å². The lowest BCUT2D eigenvalue weighted by Gasteiger charge is -2.30. The second kappa shape index (κ2) is 8.14. The lowest BCUT2D eigenvalue weighted by Crippen LogP contribution is -2.46. The molecule has 23 heavy (non-hydrogen) atoms. The number of benzene rings is 1. The van der Waals surface area contributed by atoms with E-state index in [1.165, 1.54) is 17.0 Å². The molecule has 7 nitrogen and oxygen atoms in total. The van der Waals surface area contributed by atoms with Crippen molar-refractivity contribution in [3.63, 3.8) is 0 Å². The van der Waals surface area contributed by atoms with Gasteiger partial charge >= 0.3 is 11.9 Å². The Bertz CT molecular complexity index is 571. The predicted molar refractivity (Wildman–Crippen MR) is 87.5 cm³/mol. The second-order valence-electron chi connectivity index (χ2n) is 5.03. The molecule has 0 aliphatic carbocycles. The van der Waals surface area contributed by atoms with Crippen LogP contribution in [0.15, 0.2) is 24.3 Å². The summed E-state index contributed by atoms with van der Waals surface area (Å²) in [5, 5.41) is 18.0. The molecule has 0 unspecified atom stereocenters. The molecule has 1 rings (SSSR count). The lowest BCUT2D eigenvalue weighted by atomic mass is 10.0. The van der Waals surface area contributed by atoms with Crippen LogP contribution in [0.4, 0.5) is 10.1 Å². The average Bonchev–Trinajstić information content (AvgIpc) is 2.46. The molecule has 0 amide bonds. The SMILES string of the molecule is NCCN(c1cccc(C[C@@](N)(F)C(=O)O)c1)[C@@H](CS)C(=O)O. The fourth-order valence-corrected chi connectivity index (χ4v) is 2.48. The van der Waals surface area contributed by atoms with Crippen LogP contribution in [0.3, 0.4) is 0 Å². The Kier molecular flexibility index (Phi) is 6.79. The molecule has 0 bridgehead atoms. The van der Waals surface area contributed by atoms with Gasteiger partial charge in [0.2, 0.25) is 0 Å². The number of nitrogens with zero attached hydrogens (tertiary/aromatic N) is 1. The molecular formula is C14H20FN3O4S. The molecule has 0 spiro atoms. The molecule has 128 valence electrons. The topological polar surface area (TPSA) is 130 Å². The zero-order chi connectivity index (χ0) is 17.6. The van der Waals surface area contributed by atoms with Crippen molar-refractivity contribution in [3.05, 3.63) is 29.8 Å². The Hall–Kier alpha value is -1.84. The number of rotatable bonds is 9. The number of carboxylic acid groups (broad SMARTS) is 2. The normalized spacial score (nSPS) is 14.8. The Labute approximate surface area is 138 Å². The summed E-state index contributed by atoms with van der Waals surface area (Å²) in [7, 11) is 0. The highest BCUT2D eigenvalue weighted by atomic mass is 32.1. The Morgan fingerprint density at radius 2 is 2.04 bits per heavy atom. The fourth-order valence-electron chi connectivity index (χ4n) is 2.13. The average molecular weight is 345 g/mol. The molecule has 0 saturated heterocycles. The lowest BCUT2D eigenvalue weighted by molar-refractivity contribution is -0.150. The number of aliphatic carboxylic acids is 2. The van der Waals surface area contributed by atoms with Gasteiger partial charge in [-0.05, 0) is 17.7 Å². The van der Waals surface area contributed by atoms with Crippen molar-refractivity contribution in [2.24, 2.45) is 11.5 Å². The minimum atomic E-state index is -2.90. The third-order valence-corrected chi connectivity index (χ3v) is 3.61. The van der Waals surface area contributed by atoms with E-state index < -0.39 is 30.2 Å². The van der Waals surface area contributed by atoms with Gasteiger partial charge in [0.05, 0.1) is 0 Å². The number of carbonyl (C=O) groups is 2. The third kappa shape index (κ3) is 5.08. The third-order valence-electron chi connectivity index (χ3n) is 3.26. The molecule has 0 fully saturated rings. The summed E-state index contributed by atoms with van der Waals surface area (Å²) in [4.78, 5) is 23.6. The molecule has 1 aromatic rings. The van der Waals surface area contributed by atoms with Crippen LogP contribution >= 0.6 is 12.6 Å². The molecule has 0 saturated carbocycles. The summed E-state index contributed by atoms with van der Waals surface area (Å²) in [6.07, 6.45) is -0.536. The summed E-state index contributed by atoms with van der Waals surface area (Å²) >= 11 is 4.04. The molecule has 9 heteroatoms. The maximum absolute atomic E-state index is 13.8. The number of nitrogens with two attached hydrogens (primary N) is 2. The van der Waals surface area contributed by atoms with E-state index in [2.05, 4.69) is 12.6 Å². The highest BCUT2D eigenvalue weighted by Gasteiger charge is 2.34. The van der Waals surface area contributed by atoms with Crippen LogP contribution in [0.5, 0.6) is 0 Å². The van der Waals surface area contributed by atoms with Crippen molar-refractivity contribution in [2.45, 2.75) is 18.3 Å². The van der Waals surface area contributed by atoms with Gasteiger partial charge in [0.25, 0.3) is 5.79 Å². The van der Waals surface area contributed by atoms with Gasteiger partial charge in [0.1, 0.15) is 6.04 Å². The molecule has 0 radical (unpaired) electrons. The van der Waals surface area contributed by atoms with Crippen molar-refractivity contribution in [1.29, 1.82) is 0 Å². The summed E-state index contributed by atoms with van der Waals surface area (Å²) < 4.78 is 13.8. The highest BCUT2D eigenvalue weighted by molar-refractivity contribution is 7.80. The first-order valence-corrected chi connectivity index (χ1v) is 7.46. The van der Waals surface area contributed by atoms with Crippen LogP contribution in [0.1, 0.15) is 5.56 Å². The van der Waals surface area contributed by atoms with Gasteiger partial charge in [-0.25, -0.2) is 14.0 Å². The first-order valence-electron chi connectivity index (χ1n) is 6.83. The number of carboxylic acids is 2. The molecule has 0 heterocycles. The van der Waals surface area contributed by atoms with Gasteiger partial charge < -0.3 is 20.8 Å². The van der Waals surface area contributed by atoms with Crippen molar-refractivity contribution in [2.75, 3.05) is 23.7 Å². The van der Waals surface area contributed by atoms with Crippen LogP contribution in [0.25, 0.3) is 0 Å². The van der Waals surface area contributed by atoms with Crippen molar-refractivity contribution in [3.8, 4) is 0 Å². The Morgan fingerprint density at radius 3 is 2.52 bits per heavy atom. The summed E-state index contributed by atoms with van der Waals surface area (Å²) in [6.45, 7) is 0.462. The van der Waals surface area contributed by atoms with E-state index in [0.717, 1.165) is 0 Å². The van der Waals surface area contributed by atoms with E-state index in [0.29, 0.717) is 11.3 Å². The maximum atomic E-state index is 13.8. The smallest absolute Gasteiger partial charge is 0.356 e. The van der Waals surface area contributed by atoms with Crippen LogP contribution in [-0.2, 0) is 16.0 Å². The van der Waals surface area contributed by atoms with Crippen molar-refractivity contribution < 1.29 is 24.2 Å². The number of halogens is 1. The van der Waals surface area contributed by atoms with Crippen molar-refractivity contribution in [1.82, 2.24) is 0 Å².